The van der Waals surface area contributed by atoms with Gasteiger partial charge in [-0.3, -0.25) is 14.9 Å². The Balaban J connectivity index is 1.96. The van der Waals surface area contributed by atoms with Crippen LogP contribution in [0.15, 0.2) is 24.3 Å². The molecule has 1 fully saturated rings. The predicted molar refractivity (Wildman–Crippen MR) is 87.2 cm³/mol. The molecule has 2 N–H and O–H groups in total. The van der Waals surface area contributed by atoms with E-state index in [1.54, 1.807) is 19.9 Å². The average Bonchev–Trinajstić information content (AvgIpc) is 2.55. The quantitative estimate of drug-likeness (QED) is 0.832. The van der Waals surface area contributed by atoms with Crippen molar-refractivity contribution < 1.29 is 27.6 Å². The summed E-state index contributed by atoms with van der Waals surface area (Å²) in [4.78, 5) is 35.9. The van der Waals surface area contributed by atoms with Gasteiger partial charge in [-0.2, -0.15) is 13.2 Å². The summed E-state index contributed by atoms with van der Waals surface area (Å²) in [7, 11) is 0. The van der Waals surface area contributed by atoms with Crippen LogP contribution in [0.5, 0.6) is 0 Å². The summed E-state index contributed by atoms with van der Waals surface area (Å²) in [6.45, 7) is 3.46. The standard InChI is InChI=1S/C17H20F3N3O3/c1-16(2,11-4-3-5-12(8-11)17(18,19)20)10-21-14(25)9-23-7-6-13(24)22-15(23)26/h3-5,8H,6-7,9-10H2,1-2H3,(H,21,25)(H,22,24,26). The van der Waals surface area contributed by atoms with Crippen molar-refractivity contribution >= 4 is 17.8 Å². The monoisotopic (exact) mass is 371 g/mol. The number of nitrogens with one attached hydrogen (secondary N) is 2. The van der Waals surface area contributed by atoms with Gasteiger partial charge in [-0.15, -0.1) is 0 Å². The van der Waals surface area contributed by atoms with Gasteiger partial charge in [0.25, 0.3) is 0 Å². The molecule has 0 saturated carbocycles. The van der Waals surface area contributed by atoms with Crippen LogP contribution in [0.3, 0.4) is 0 Å². The molecule has 1 heterocycles. The Morgan fingerprint density at radius 2 is 1.88 bits per heavy atom. The zero-order valence-electron chi connectivity index (χ0n) is 14.4. The van der Waals surface area contributed by atoms with Crippen LogP contribution in [0.25, 0.3) is 0 Å². The van der Waals surface area contributed by atoms with Gasteiger partial charge < -0.3 is 10.2 Å². The van der Waals surface area contributed by atoms with Gasteiger partial charge in [0.1, 0.15) is 6.54 Å². The van der Waals surface area contributed by atoms with Crippen LogP contribution in [0.2, 0.25) is 0 Å². The van der Waals surface area contributed by atoms with E-state index in [-0.39, 0.29) is 26.1 Å². The molecule has 1 aromatic rings. The van der Waals surface area contributed by atoms with Gasteiger partial charge in [-0.25, -0.2) is 4.79 Å². The molecule has 0 radical (unpaired) electrons. The number of alkyl halides is 3. The molecule has 1 saturated heterocycles. The number of imide groups is 1. The van der Waals surface area contributed by atoms with Crippen LogP contribution in [0.4, 0.5) is 18.0 Å². The average molecular weight is 371 g/mol. The maximum Gasteiger partial charge on any atom is 0.416 e. The van der Waals surface area contributed by atoms with Crippen molar-refractivity contribution in [3.63, 3.8) is 0 Å². The molecule has 1 aromatic carbocycles. The minimum atomic E-state index is -4.44. The summed E-state index contributed by atoms with van der Waals surface area (Å²) < 4.78 is 38.6. The highest BCUT2D eigenvalue weighted by Crippen LogP contribution is 2.32. The fourth-order valence-electron chi connectivity index (χ4n) is 2.52. The predicted octanol–water partition coefficient (Wildman–Crippen LogP) is 2.04. The molecule has 0 atom stereocenters. The molecule has 142 valence electrons. The summed E-state index contributed by atoms with van der Waals surface area (Å²) in [5.74, 6) is -0.841. The van der Waals surface area contributed by atoms with Crippen LogP contribution in [0, 0.1) is 0 Å². The molecule has 0 unspecified atom stereocenters. The number of benzene rings is 1. The van der Waals surface area contributed by atoms with Gasteiger partial charge in [0.05, 0.1) is 5.56 Å². The van der Waals surface area contributed by atoms with Crippen molar-refractivity contribution in [2.75, 3.05) is 19.6 Å². The fraction of sp³-hybridized carbons (Fsp3) is 0.471. The maximum absolute atomic E-state index is 12.9. The lowest BCUT2D eigenvalue weighted by molar-refractivity contribution is -0.137. The molecule has 9 heteroatoms. The summed E-state index contributed by atoms with van der Waals surface area (Å²) >= 11 is 0. The second-order valence-corrected chi connectivity index (χ2v) is 6.76. The summed E-state index contributed by atoms with van der Waals surface area (Å²) in [5, 5.41) is 4.75. The largest absolute Gasteiger partial charge is 0.416 e. The summed E-state index contributed by atoms with van der Waals surface area (Å²) in [6, 6.07) is 4.33. The van der Waals surface area contributed by atoms with Crippen molar-refractivity contribution in [3.8, 4) is 0 Å². The summed E-state index contributed by atoms with van der Waals surface area (Å²) in [6.07, 6.45) is -4.32. The molecule has 4 amide bonds. The topological polar surface area (TPSA) is 78.5 Å². The molecule has 0 spiro atoms. The number of hydrogen-bond donors (Lipinski definition) is 2. The first-order valence-corrected chi connectivity index (χ1v) is 8.02. The maximum atomic E-state index is 12.9. The molecule has 0 aliphatic carbocycles. The Morgan fingerprint density at radius 3 is 2.50 bits per heavy atom. The Morgan fingerprint density at radius 1 is 1.23 bits per heavy atom. The first-order chi connectivity index (χ1) is 12.0. The van der Waals surface area contributed by atoms with Crippen LogP contribution in [0.1, 0.15) is 31.4 Å². The van der Waals surface area contributed by atoms with E-state index in [2.05, 4.69) is 10.6 Å². The van der Waals surface area contributed by atoms with Crippen molar-refractivity contribution in [2.24, 2.45) is 0 Å². The van der Waals surface area contributed by atoms with E-state index in [0.29, 0.717) is 5.56 Å². The number of carbonyl (C=O) groups is 3. The number of nitrogens with zero attached hydrogens (tertiary/aromatic N) is 1. The first-order valence-electron chi connectivity index (χ1n) is 8.02. The second kappa shape index (κ2) is 7.35. The lowest BCUT2D eigenvalue weighted by Gasteiger charge is -2.28. The minimum Gasteiger partial charge on any atom is -0.354 e. The van der Waals surface area contributed by atoms with Crippen LogP contribution < -0.4 is 10.6 Å². The number of hydrogen-bond acceptors (Lipinski definition) is 3. The van der Waals surface area contributed by atoms with Gasteiger partial charge in [0.2, 0.25) is 11.8 Å². The molecule has 6 nitrogen and oxygen atoms in total. The van der Waals surface area contributed by atoms with Crippen molar-refractivity contribution in [3.05, 3.63) is 35.4 Å². The molecule has 26 heavy (non-hydrogen) atoms. The highest BCUT2D eigenvalue weighted by atomic mass is 19.4. The number of urea groups is 1. The van der Waals surface area contributed by atoms with E-state index in [9.17, 15) is 27.6 Å². The molecule has 2 rings (SSSR count). The van der Waals surface area contributed by atoms with Crippen molar-refractivity contribution in [2.45, 2.75) is 31.9 Å². The van der Waals surface area contributed by atoms with Crippen LogP contribution >= 0.6 is 0 Å². The van der Waals surface area contributed by atoms with Gasteiger partial charge >= 0.3 is 12.2 Å². The van der Waals surface area contributed by atoms with Gasteiger partial charge in [0.15, 0.2) is 0 Å². The Labute approximate surface area is 148 Å². The van der Waals surface area contributed by atoms with E-state index < -0.39 is 35.0 Å². The number of carbonyl (C=O) groups excluding carboxylic acids is 3. The van der Waals surface area contributed by atoms with Crippen LogP contribution in [-0.4, -0.2) is 42.4 Å². The highest BCUT2D eigenvalue weighted by Gasteiger charge is 2.32. The molecule has 1 aliphatic rings. The van der Waals surface area contributed by atoms with Crippen molar-refractivity contribution in [1.82, 2.24) is 15.5 Å². The Kier molecular flexibility index (Phi) is 5.58. The Bertz CT molecular complexity index is 717. The third kappa shape index (κ3) is 4.96. The van der Waals surface area contributed by atoms with Crippen molar-refractivity contribution in [1.29, 1.82) is 0 Å². The third-order valence-electron chi connectivity index (χ3n) is 4.18. The summed E-state index contributed by atoms with van der Waals surface area (Å²) in [5.41, 5.74) is -1.05. The normalized spacial score (nSPS) is 15.7. The molecule has 0 bridgehead atoms. The third-order valence-corrected chi connectivity index (χ3v) is 4.18. The molecule has 0 aromatic heterocycles. The SMILES string of the molecule is CC(C)(CNC(=O)CN1CCC(=O)NC1=O)c1cccc(C(F)(F)F)c1. The second-order valence-electron chi connectivity index (χ2n) is 6.76. The lowest BCUT2D eigenvalue weighted by atomic mass is 9.83. The first kappa shape index (κ1) is 19.7. The van der Waals surface area contributed by atoms with Gasteiger partial charge in [-0.1, -0.05) is 32.0 Å². The Hall–Kier alpha value is -2.58. The fourth-order valence-corrected chi connectivity index (χ4v) is 2.52. The zero-order chi connectivity index (χ0) is 19.5. The molecular formula is C17H20F3N3O3. The van der Waals surface area contributed by atoms with Gasteiger partial charge in [0, 0.05) is 24.9 Å². The number of rotatable bonds is 5. The molecule has 1 aliphatic heterocycles. The minimum absolute atomic E-state index is 0.0987. The van der Waals surface area contributed by atoms with E-state index in [1.807, 2.05) is 0 Å². The van der Waals surface area contributed by atoms with E-state index in [0.717, 1.165) is 12.1 Å². The number of amides is 4. The smallest absolute Gasteiger partial charge is 0.354 e. The lowest BCUT2D eigenvalue weighted by Crippen LogP contribution is -2.53. The molecular weight excluding hydrogens is 351 g/mol. The number of halogens is 3. The highest BCUT2D eigenvalue weighted by molar-refractivity contribution is 5.98. The van der Waals surface area contributed by atoms with Crippen LogP contribution in [-0.2, 0) is 21.2 Å². The van der Waals surface area contributed by atoms with Gasteiger partial charge in [-0.05, 0) is 11.6 Å². The van der Waals surface area contributed by atoms with E-state index in [1.165, 1.54) is 11.0 Å². The van der Waals surface area contributed by atoms with E-state index >= 15 is 0 Å². The van der Waals surface area contributed by atoms with E-state index in [4.69, 9.17) is 0 Å². The zero-order valence-corrected chi connectivity index (χ0v) is 14.4.